The SMILES string of the molecule is COC(=O)[C@H]1CN(C(=O)Nc2ccccc2-c2cccs2)CCO1. The van der Waals surface area contributed by atoms with Crippen LogP contribution < -0.4 is 5.32 Å². The van der Waals surface area contributed by atoms with E-state index in [1.807, 2.05) is 41.8 Å². The van der Waals surface area contributed by atoms with Crippen molar-refractivity contribution in [3.8, 4) is 10.4 Å². The fourth-order valence-corrected chi connectivity index (χ4v) is 3.31. The summed E-state index contributed by atoms with van der Waals surface area (Å²) >= 11 is 1.61. The minimum absolute atomic E-state index is 0.180. The van der Waals surface area contributed by atoms with Gasteiger partial charge in [0.25, 0.3) is 0 Å². The second-order valence-corrected chi connectivity index (χ2v) is 6.23. The molecule has 1 aliphatic heterocycles. The Kier molecular flexibility index (Phi) is 5.12. The Morgan fingerprint density at radius 3 is 2.88 bits per heavy atom. The Bertz CT molecular complexity index is 717. The minimum Gasteiger partial charge on any atom is -0.467 e. The zero-order valence-corrected chi connectivity index (χ0v) is 14.0. The van der Waals surface area contributed by atoms with Crippen molar-refractivity contribution in [1.29, 1.82) is 0 Å². The number of carbonyl (C=O) groups is 2. The van der Waals surface area contributed by atoms with Crippen LogP contribution in [-0.4, -0.2) is 49.8 Å². The molecule has 0 unspecified atom stereocenters. The number of benzene rings is 1. The number of rotatable bonds is 3. The van der Waals surface area contributed by atoms with Crippen LogP contribution >= 0.6 is 11.3 Å². The maximum atomic E-state index is 12.6. The van der Waals surface area contributed by atoms with Gasteiger partial charge < -0.3 is 19.7 Å². The Morgan fingerprint density at radius 2 is 2.12 bits per heavy atom. The molecule has 6 nitrogen and oxygen atoms in total. The fourth-order valence-electron chi connectivity index (χ4n) is 2.54. The van der Waals surface area contributed by atoms with Gasteiger partial charge in [-0.1, -0.05) is 24.3 Å². The van der Waals surface area contributed by atoms with E-state index in [1.165, 1.54) is 7.11 Å². The molecule has 1 aromatic carbocycles. The lowest BCUT2D eigenvalue weighted by Crippen LogP contribution is -2.50. The largest absolute Gasteiger partial charge is 0.467 e. The number of esters is 1. The summed E-state index contributed by atoms with van der Waals surface area (Å²) in [6, 6.07) is 11.4. The molecule has 3 rings (SSSR count). The fraction of sp³-hybridized carbons (Fsp3) is 0.294. The first-order valence-electron chi connectivity index (χ1n) is 7.57. The molecule has 126 valence electrons. The van der Waals surface area contributed by atoms with Gasteiger partial charge >= 0.3 is 12.0 Å². The molecule has 2 heterocycles. The standard InChI is InChI=1S/C17H18N2O4S/c1-22-16(20)14-11-19(8-9-23-14)17(21)18-13-6-3-2-5-12(13)15-7-4-10-24-15/h2-7,10,14H,8-9,11H2,1H3,(H,18,21)/t14-/m1/s1. The van der Waals surface area contributed by atoms with Crippen molar-refractivity contribution in [3.05, 3.63) is 41.8 Å². The van der Waals surface area contributed by atoms with Gasteiger partial charge in [-0.3, -0.25) is 0 Å². The van der Waals surface area contributed by atoms with Crippen LogP contribution in [-0.2, 0) is 14.3 Å². The Hall–Kier alpha value is -2.38. The maximum Gasteiger partial charge on any atom is 0.336 e. The molecule has 0 aliphatic carbocycles. The van der Waals surface area contributed by atoms with E-state index in [4.69, 9.17) is 4.74 Å². The third-order valence-electron chi connectivity index (χ3n) is 3.77. The van der Waals surface area contributed by atoms with Crippen molar-refractivity contribution >= 4 is 29.0 Å². The number of hydrogen-bond donors (Lipinski definition) is 1. The number of carbonyl (C=O) groups excluding carboxylic acids is 2. The van der Waals surface area contributed by atoms with Crippen molar-refractivity contribution in [3.63, 3.8) is 0 Å². The van der Waals surface area contributed by atoms with Crippen LogP contribution in [0.3, 0.4) is 0 Å². The Balaban J connectivity index is 1.72. The minimum atomic E-state index is -0.734. The van der Waals surface area contributed by atoms with Crippen LogP contribution in [0.25, 0.3) is 10.4 Å². The van der Waals surface area contributed by atoms with Crippen molar-refractivity contribution < 1.29 is 19.1 Å². The van der Waals surface area contributed by atoms with Crippen LogP contribution in [0.2, 0.25) is 0 Å². The Morgan fingerprint density at radius 1 is 1.29 bits per heavy atom. The third-order valence-corrected chi connectivity index (χ3v) is 4.68. The summed E-state index contributed by atoms with van der Waals surface area (Å²) in [5.41, 5.74) is 1.71. The van der Waals surface area contributed by atoms with E-state index in [-0.39, 0.29) is 12.6 Å². The number of amides is 2. The van der Waals surface area contributed by atoms with E-state index < -0.39 is 12.1 Å². The van der Waals surface area contributed by atoms with Gasteiger partial charge in [0.2, 0.25) is 0 Å². The van der Waals surface area contributed by atoms with Gasteiger partial charge in [-0.15, -0.1) is 11.3 Å². The molecule has 2 aromatic rings. The van der Waals surface area contributed by atoms with Crippen LogP contribution in [0.4, 0.5) is 10.5 Å². The van der Waals surface area contributed by atoms with Crippen molar-refractivity contribution in [2.45, 2.75) is 6.10 Å². The highest BCUT2D eigenvalue weighted by Crippen LogP contribution is 2.31. The van der Waals surface area contributed by atoms with Gasteiger partial charge in [0.15, 0.2) is 6.10 Å². The molecule has 0 bridgehead atoms. The lowest BCUT2D eigenvalue weighted by Gasteiger charge is -2.31. The number of morpholine rings is 1. The van der Waals surface area contributed by atoms with E-state index in [0.717, 1.165) is 16.1 Å². The predicted octanol–water partition coefficient (Wildman–Crippen LogP) is 2.82. The van der Waals surface area contributed by atoms with Crippen molar-refractivity contribution in [2.75, 3.05) is 32.1 Å². The second-order valence-electron chi connectivity index (χ2n) is 5.28. The summed E-state index contributed by atoms with van der Waals surface area (Å²) in [7, 11) is 1.31. The molecule has 1 fully saturated rings. The van der Waals surface area contributed by atoms with Gasteiger partial charge in [-0.05, 0) is 17.5 Å². The van der Waals surface area contributed by atoms with E-state index in [0.29, 0.717) is 13.2 Å². The third kappa shape index (κ3) is 3.58. The van der Waals surface area contributed by atoms with Crippen LogP contribution in [0, 0.1) is 0 Å². The topological polar surface area (TPSA) is 67.9 Å². The predicted molar refractivity (Wildman–Crippen MR) is 92.1 cm³/mol. The summed E-state index contributed by atoms with van der Waals surface area (Å²) in [5, 5.41) is 4.93. The second kappa shape index (κ2) is 7.46. The average Bonchev–Trinajstić information content (AvgIpc) is 3.16. The van der Waals surface area contributed by atoms with Crippen LogP contribution in [0.15, 0.2) is 41.8 Å². The van der Waals surface area contributed by atoms with Crippen LogP contribution in [0.1, 0.15) is 0 Å². The zero-order chi connectivity index (χ0) is 16.9. The quantitative estimate of drug-likeness (QED) is 0.868. The molecule has 1 aliphatic rings. The normalized spacial score (nSPS) is 17.4. The van der Waals surface area contributed by atoms with Gasteiger partial charge in [0.1, 0.15) is 0 Å². The lowest BCUT2D eigenvalue weighted by atomic mass is 10.1. The molecule has 7 heteroatoms. The molecule has 1 N–H and O–H groups in total. The molecule has 0 radical (unpaired) electrons. The van der Waals surface area contributed by atoms with Gasteiger partial charge in [-0.2, -0.15) is 0 Å². The van der Waals surface area contributed by atoms with E-state index in [9.17, 15) is 9.59 Å². The first-order chi connectivity index (χ1) is 11.7. The molecule has 1 aromatic heterocycles. The first-order valence-corrected chi connectivity index (χ1v) is 8.45. The summed E-state index contributed by atoms with van der Waals surface area (Å²) in [5.74, 6) is -0.466. The highest BCUT2D eigenvalue weighted by molar-refractivity contribution is 7.13. The lowest BCUT2D eigenvalue weighted by molar-refractivity contribution is -0.158. The highest BCUT2D eigenvalue weighted by Gasteiger charge is 2.30. The summed E-state index contributed by atoms with van der Waals surface area (Å²) in [4.78, 5) is 26.8. The highest BCUT2D eigenvalue weighted by atomic mass is 32.1. The van der Waals surface area contributed by atoms with E-state index >= 15 is 0 Å². The van der Waals surface area contributed by atoms with Crippen molar-refractivity contribution in [2.24, 2.45) is 0 Å². The number of urea groups is 1. The molecular formula is C17H18N2O4S. The molecule has 0 spiro atoms. The number of thiophene rings is 1. The molecule has 1 saturated heterocycles. The number of hydrogen-bond acceptors (Lipinski definition) is 5. The number of para-hydroxylation sites is 1. The zero-order valence-electron chi connectivity index (χ0n) is 13.2. The number of ether oxygens (including phenoxy) is 2. The van der Waals surface area contributed by atoms with E-state index in [2.05, 4.69) is 10.1 Å². The molecular weight excluding hydrogens is 328 g/mol. The summed E-state index contributed by atoms with van der Waals surface area (Å²) in [6.07, 6.45) is -0.734. The molecule has 24 heavy (non-hydrogen) atoms. The smallest absolute Gasteiger partial charge is 0.336 e. The van der Waals surface area contributed by atoms with E-state index in [1.54, 1.807) is 16.2 Å². The first kappa shape index (κ1) is 16.5. The van der Waals surface area contributed by atoms with Gasteiger partial charge in [0, 0.05) is 17.0 Å². The number of methoxy groups -OCH3 is 1. The van der Waals surface area contributed by atoms with Gasteiger partial charge in [-0.25, -0.2) is 9.59 Å². The summed E-state index contributed by atoms with van der Waals surface area (Å²) in [6.45, 7) is 0.917. The van der Waals surface area contributed by atoms with Crippen LogP contribution in [0.5, 0.6) is 0 Å². The number of nitrogens with zero attached hydrogens (tertiary/aromatic N) is 1. The summed E-state index contributed by atoms with van der Waals surface area (Å²) < 4.78 is 10.0. The number of nitrogens with one attached hydrogen (secondary N) is 1. The monoisotopic (exact) mass is 346 g/mol. The number of anilines is 1. The molecule has 0 saturated carbocycles. The molecule has 2 amide bonds. The average molecular weight is 346 g/mol. The molecule has 1 atom stereocenters. The van der Waals surface area contributed by atoms with Crippen molar-refractivity contribution in [1.82, 2.24) is 4.90 Å². The van der Waals surface area contributed by atoms with Gasteiger partial charge in [0.05, 0.1) is 25.9 Å². The maximum absolute atomic E-state index is 12.6. The Labute approximate surface area is 144 Å².